The van der Waals surface area contributed by atoms with Crippen LogP contribution in [-0.4, -0.2) is 22.1 Å². The van der Waals surface area contributed by atoms with Gasteiger partial charge >= 0.3 is 0 Å². The number of sulfonamides is 1. The molecule has 0 saturated carbocycles. The monoisotopic (exact) mass is 305 g/mol. The van der Waals surface area contributed by atoms with E-state index < -0.39 is 10.0 Å². The Morgan fingerprint density at radius 3 is 2.69 bits per heavy atom. The number of methoxy groups -OCH3 is 1. The Balaban J connectivity index is 3.02. The molecular weight excluding hydrogens is 294 g/mol. The van der Waals surface area contributed by atoms with Crippen molar-refractivity contribution in [3.63, 3.8) is 0 Å². The van der Waals surface area contributed by atoms with E-state index in [0.29, 0.717) is 10.2 Å². The number of rotatable bonds is 5. The SMILES string of the molecule is C=C(Br)CNS(=O)(=O)c1ccccc1OC. The van der Waals surface area contributed by atoms with Gasteiger partial charge in [-0.2, -0.15) is 0 Å². The first-order chi connectivity index (χ1) is 7.47. The lowest BCUT2D eigenvalue weighted by molar-refractivity contribution is 0.402. The fraction of sp³-hybridized carbons (Fsp3) is 0.200. The van der Waals surface area contributed by atoms with E-state index in [9.17, 15) is 8.42 Å². The molecule has 0 spiro atoms. The van der Waals surface area contributed by atoms with Crippen LogP contribution >= 0.6 is 15.9 Å². The summed E-state index contributed by atoms with van der Waals surface area (Å²) >= 11 is 3.08. The molecule has 0 bridgehead atoms. The smallest absolute Gasteiger partial charge is 0.244 e. The van der Waals surface area contributed by atoms with E-state index in [1.54, 1.807) is 18.2 Å². The fourth-order valence-corrected chi connectivity index (χ4v) is 2.61. The second-order valence-corrected chi connectivity index (χ2v) is 5.85. The molecule has 0 amide bonds. The zero-order chi connectivity index (χ0) is 12.2. The third kappa shape index (κ3) is 3.33. The topological polar surface area (TPSA) is 55.4 Å². The standard InChI is InChI=1S/C10H12BrNO3S/c1-8(11)7-12-16(13,14)10-6-4-3-5-9(10)15-2/h3-6,12H,1,7H2,2H3. The lowest BCUT2D eigenvalue weighted by Crippen LogP contribution is -2.25. The summed E-state index contributed by atoms with van der Waals surface area (Å²) in [6.07, 6.45) is 0. The average molecular weight is 306 g/mol. The number of hydrogen-bond acceptors (Lipinski definition) is 3. The quantitative estimate of drug-likeness (QED) is 0.904. The van der Waals surface area contributed by atoms with E-state index in [0.717, 1.165) is 0 Å². The summed E-state index contributed by atoms with van der Waals surface area (Å²) in [6, 6.07) is 6.43. The van der Waals surface area contributed by atoms with Gasteiger partial charge in [-0.25, -0.2) is 13.1 Å². The summed E-state index contributed by atoms with van der Waals surface area (Å²) < 4.78 is 31.7. The largest absolute Gasteiger partial charge is 0.495 e. The average Bonchev–Trinajstić information content (AvgIpc) is 2.26. The first-order valence-electron chi connectivity index (χ1n) is 4.43. The molecule has 0 aliphatic carbocycles. The Labute approximate surface area is 103 Å². The third-order valence-corrected chi connectivity index (χ3v) is 3.53. The summed E-state index contributed by atoms with van der Waals surface area (Å²) in [5.41, 5.74) is 0. The highest BCUT2D eigenvalue weighted by Gasteiger charge is 2.18. The van der Waals surface area contributed by atoms with Crippen molar-refractivity contribution >= 4 is 26.0 Å². The normalized spacial score (nSPS) is 11.1. The first-order valence-corrected chi connectivity index (χ1v) is 6.71. The second-order valence-electron chi connectivity index (χ2n) is 2.99. The minimum absolute atomic E-state index is 0.117. The maximum atomic E-state index is 11.9. The van der Waals surface area contributed by atoms with Crippen LogP contribution in [0.15, 0.2) is 40.2 Å². The van der Waals surface area contributed by atoms with Crippen molar-refractivity contribution in [2.75, 3.05) is 13.7 Å². The highest BCUT2D eigenvalue weighted by atomic mass is 79.9. The van der Waals surface area contributed by atoms with Crippen molar-refractivity contribution in [2.24, 2.45) is 0 Å². The molecule has 1 N–H and O–H groups in total. The Hall–Kier alpha value is -0.850. The molecule has 0 aromatic heterocycles. The van der Waals surface area contributed by atoms with E-state index in [1.807, 2.05) is 0 Å². The Morgan fingerprint density at radius 2 is 2.12 bits per heavy atom. The summed E-state index contributed by atoms with van der Waals surface area (Å²) in [5.74, 6) is 0.315. The molecule has 88 valence electrons. The summed E-state index contributed by atoms with van der Waals surface area (Å²) in [7, 11) is -2.14. The molecule has 0 aliphatic heterocycles. The van der Waals surface area contributed by atoms with Crippen LogP contribution in [0.4, 0.5) is 0 Å². The Bertz CT molecular complexity index is 485. The molecule has 0 heterocycles. The van der Waals surface area contributed by atoms with Gasteiger partial charge in [0.2, 0.25) is 10.0 Å². The summed E-state index contributed by atoms with van der Waals surface area (Å²) in [5, 5.41) is 0. The minimum atomic E-state index is -3.56. The van der Waals surface area contributed by atoms with E-state index >= 15 is 0 Å². The number of ether oxygens (including phenoxy) is 1. The van der Waals surface area contributed by atoms with Crippen molar-refractivity contribution in [1.82, 2.24) is 4.72 Å². The van der Waals surface area contributed by atoms with Gasteiger partial charge in [0.1, 0.15) is 10.6 Å². The predicted octanol–water partition coefficient (Wildman–Crippen LogP) is 1.88. The van der Waals surface area contributed by atoms with Crippen LogP contribution in [0.25, 0.3) is 0 Å². The van der Waals surface area contributed by atoms with E-state index in [-0.39, 0.29) is 11.4 Å². The van der Waals surface area contributed by atoms with Crippen LogP contribution in [0.3, 0.4) is 0 Å². The van der Waals surface area contributed by atoms with Gasteiger partial charge in [-0.15, -0.1) is 0 Å². The first kappa shape index (κ1) is 13.2. The zero-order valence-corrected chi connectivity index (χ0v) is 11.1. The van der Waals surface area contributed by atoms with Gasteiger partial charge < -0.3 is 4.74 Å². The minimum Gasteiger partial charge on any atom is -0.495 e. The van der Waals surface area contributed by atoms with Crippen LogP contribution < -0.4 is 9.46 Å². The van der Waals surface area contributed by atoms with Gasteiger partial charge in [0.05, 0.1) is 7.11 Å². The van der Waals surface area contributed by atoms with E-state index in [4.69, 9.17) is 4.74 Å². The predicted molar refractivity (Wildman–Crippen MR) is 66.2 cm³/mol. The Morgan fingerprint density at radius 1 is 1.50 bits per heavy atom. The molecule has 1 aromatic rings. The summed E-state index contributed by atoms with van der Waals surface area (Å²) in [6.45, 7) is 3.69. The summed E-state index contributed by atoms with van der Waals surface area (Å²) in [4.78, 5) is 0.117. The number of halogens is 1. The van der Waals surface area contributed by atoms with Crippen molar-refractivity contribution in [3.05, 3.63) is 35.3 Å². The molecule has 0 saturated heterocycles. The molecule has 1 aromatic carbocycles. The number of para-hydroxylation sites is 1. The number of nitrogens with one attached hydrogen (secondary N) is 1. The maximum absolute atomic E-state index is 11.9. The van der Waals surface area contributed by atoms with Crippen LogP contribution in [0.5, 0.6) is 5.75 Å². The molecule has 0 radical (unpaired) electrons. The van der Waals surface area contributed by atoms with Crippen LogP contribution in [0, 0.1) is 0 Å². The van der Waals surface area contributed by atoms with Gasteiger partial charge in [0.15, 0.2) is 0 Å². The van der Waals surface area contributed by atoms with E-state index in [1.165, 1.54) is 13.2 Å². The zero-order valence-electron chi connectivity index (χ0n) is 8.73. The molecule has 4 nitrogen and oxygen atoms in total. The van der Waals surface area contributed by atoms with Gasteiger partial charge in [0, 0.05) is 11.0 Å². The highest BCUT2D eigenvalue weighted by Crippen LogP contribution is 2.22. The molecular formula is C10H12BrNO3S. The maximum Gasteiger partial charge on any atom is 0.244 e. The van der Waals surface area contributed by atoms with Crippen LogP contribution in [0.2, 0.25) is 0 Å². The molecule has 1 rings (SSSR count). The fourth-order valence-electron chi connectivity index (χ4n) is 1.09. The van der Waals surface area contributed by atoms with Crippen molar-refractivity contribution in [3.8, 4) is 5.75 Å². The number of hydrogen-bond donors (Lipinski definition) is 1. The van der Waals surface area contributed by atoms with Crippen LogP contribution in [0.1, 0.15) is 0 Å². The van der Waals surface area contributed by atoms with Gasteiger partial charge in [-0.1, -0.05) is 34.6 Å². The Kier molecular flexibility index (Phi) is 4.52. The number of benzene rings is 1. The molecule has 0 fully saturated rings. The third-order valence-electron chi connectivity index (χ3n) is 1.81. The molecule has 16 heavy (non-hydrogen) atoms. The van der Waals surface area contributed by atoms with E-state index in [2.05, 4.69) is 27.2 Å². The van der Waals surface area contributed by atoms with Crippen LogP contribution in [-0.2, 0) is 10.0 Å². The molecule has 0 unspecified atom stereocenters. The molecule has 6 heteroatoms. The molecule has 0 aliphatic rings. The van der Waals surface area contributed by atoms with Gasteiger partial charge in [-0.05, 0) is 12.1 Å². The second kappa shape index (κ2) is 5.47. The lowest BCUT2D eigenvalue weighted by Gasteiger charge is -2.09. The van der Waals surface area contributed by atoms with Gasteiger partial charge in [-0.3, -0.25) is 0 Å². The van der Waals surface area contributed by atoms with Crippen molar-refractivity contribution in [1.29, 1.82) is 0 Å². The molecule has 0 atom stereocenters. The highest BCUT2D eigenvalue weighted by molar-refractivity contribution is 9.11. The van der Waals surface area contributed by atoms with Crippen molar-refractivity contribution in [2.45, 2.75) is 4.90 Å². The lowest BCUT2D eigenvalue weighted by atomic mass is 10.3. The van der Waals surface area contributed by atoms with Crippen molar-refractivity contribution < 1.29 is 13.2 Å². The van der Waals surface area contributed by atoms with Gasteiger partial charge in [0.25, 0.3) is 0 Å².